The number of hydrazine groups is 1. The molecule has 8 heteroatoms. The van der Waals surface area contributed by atoms with E-state index in [2.05, 4.69) is 15.7 Å². The van der Waals surface area contributed by atoms with Crippen LogP contribution in [0, 0.1) is 13.8 Å². The number of carbonyl (C=O) groups is 1. The Labute approximate surface area is 155 Å². The van der Waals surface area contributed by atoms with Gasteiger partial charge in [-0.3, -0.25) is 10.2 Å². The Bertz CT molecular complexity index is 955. The largest absolute Gasteiger partial charge is 0.494 e. The van der Waals surface area contributed by atoms with Crippen LogP contribution in [0.3, 0.4) is 0 Å². The second-order valence-electron chi connectivity index (χ2n) is 5.72. The first-order valence-electron chi connectivity index (χ1n) is 7.96. The number of nitrogen functional groups attached to an aromatic ring is 1. The van der Waals surface area contributed by atoms with Crippen molar-refractivity contribution in [1.82, 2.24) is 4.98 Å². The number of aryl methyl sites for hydroxylation is 1. The quantitative estimate of drug-likeness (QED) is 0.454. The van der Waals surface area contributed by atoms with Gasteiger partial charge in [0.15, 0.2) is 11.7 Å². The number of nitrogens with zero attached hydrogens (tertiary/aromatic N) is 1. The molecule has 2 aromatic carbocycles. The van der Waals surface area contributed by atoms with Crippen molar-refractivity contribution < 1.29 is 14.3 Å². The maximum absolute atomic E-state index is 12.3. The second-order valence-corrected chi connectivity index (χ2v) is 6.75. The van der Waals surface area contributed by atoms with Crippen molar-refractivity contribution >= 4 is 38.3 Å². The third kappa shape index (κ3) is 3.71. The smallest absolute Gasteiger partial charge is 0.262 e. The van der Waals surface area contributed by atoms with Gasteiger partial charge in [0.2, 0.25) is 0 Å². The van der Waals surface area contributed by atoms with Crippen LogP contribution in [0.5, 0.6) is 11.5 Å². The van der Waals surface area contributed by atoms with E-state index in [0.29, 0.717) is 27.8 Å². The van der Waals surface area contributed by atoms with Crippen molar-refractivity contribution in [2.45, 2.75) is 13.8 Å². The van der Waals surface area contributed by atoms with E-state index in [1.807, 2.05) is 38.1 Å². The number of benzene rings is 2. The normalized spacial score (nSPS) is 10.6. The van der Waals surface area contributed by atoms with Crippen LogP contribution in [0.15, 0.2) is 30.3 Å². The minimum Gasteiger partial charge on any atom is -0.494 e. The number of amides is 1. The van der Waals surface area contributed by atoms with Crippen LogP contribution < -0.4 is 26.1 Å². The minimum absolute atomic E-state index is 0.0804. The lowest BCUT2D eigenvalue weighted by Gasteiger charge is -2.11. The molecule has 0 radical (unpaired) electrons. The van der Waals surface area contributed by atoms with Crippen LogP contribution in [-0.2, 0) is 4.79 Å². The topological polar surface area (TPSA) is 98.5 Å². The molecule has 0 saturated carbocycles. The maximum Gasteiger partial charge on any atom is 0.262 e. The van der Waals surface area contributed by atoms with E-state index in [1.165, 1.54) is 11.3 Å². The Morgan fingerprint density at radius 1 is 1.27 bits per heavy atom. The molecule has 0 atom stereocenters. The van der Waals surface area contributed by atoms with E-state index in [4.69, 9.17) is 15.3 Å². The molecule has 0 saturated heterocycles. The van der Waals surface area contributed by atoms with Gasteiger partial charge in [0.1, 0.15) is 17.0 Å². The summed E-state index contributed by atoms with van der Waals surface area (Å²) >= 11 is 1.37. The van der Waals surface area contributed by atoms with Crippen molar-refractivity contribution in [2.75, 3.05) is 24.5 Å². The number of rotatable bonds is 6. The average molecular weight is 372 g/mol. The number of ether oxygens (including phenoxy) is 2. The van der Waals surface area contributed by atoms with E-state index in [0.717, 1.165) is 15.8 Å². The number of aromatic nitrogens is 1. The molecule has 7 nitrogen and oxygen atoms in total. The summed E-state index contributed by atoms with van der Waals surface area (Å²) in [4.78, 5) is 16.6. The number of hydrogen-bond acceptors (Lipinski definition) is 7. The minimum atomic E-state index is -0.256. The highest BCUT2D eigenvalue weighted by Crippen LogP contribution is 2.35. The Morgan fingerprint density at radius 2 is 2.08 bits per heavy atom. The molecule has 3 aromatic rings. The van der Waals surface area contributed by atoms with E-state index in [1.54, 1.807) is 13.2 Å². The number of hydrogen-bond donors (Lipinski definition) is 3. The fraction of sp³-hybridized carbons (Fsp3) is 0.222. The number of nitrogens with two attached hydrogens (primary N) is 1. The summed E-state index contributed by atoms with van der Waals surface area (Å²) in [5.41, 5.74) is 5.96. The van der Waals surface area contributed by atoms with E-state index in [-0.39, 0.29) is 12.5 Å². The highest BCUT2D eigenvalue weighted by atomic mass is 32.1. The van der Waals surface area contributed by atoms with Gasteiger partial charge in [0.25, 0.3) is 5.91 Å². The number of nitrogens with one attached hydrogen (secondary N) is 2. The van der Waals surface area contributed by atoms with Crippen molar-refractivity contribution in [1.29, 1.82) is 0 Å². The van der Waals surface area contributed by atoms with Gasteiger partial charge in [-0.1, -0.05) is 23.5 Å². The van der Waals surface area contributed by atoms with Crippen LogP contribution in [0.25, 0.3) is 10.2 Å². The van der Waals surface area contributed by atoms with Crippen LogP contribution >= 0.6 is 11.3 Å². The summed E-state index contributed by atoms with van der Waals surface area (Å²) in [6.45, 7) is 3.89. The SMILES string of the molecule is COc1cc(NC(=O)COc2cccc(C)c2C)cc2sc(NN)nc12. The van der Waals surface area contributed by atoms with Crippen LogP contribution in [0.2, 0.25) is 0 Å². The number of carbonyl (C=O) groups excluding carboxylic acids is 1. The third-order valence-electron chi connectivity index (χ3n) is 4.00. The van der Waals surface area contributed by atoms with Crippen molar-refractivity contribution in [2.24, 2.45) is 5.84 Å². The summed E-state index contributed by atoms with van der Waals surface area (Å²) in [7, 11) is 1.55. The number of methoxy groups -OCH3 is 1. The molecule has 4 N–H and O–H groups in total. The number of anilines is 2. The zero-order valence-corrected chi connectivity index (χ0v) is 15.6. The first kappa shape index (κ1) is 18.0. The molecule has 0 spiro atoms. The zero-order valence-electron chi connectivity index (χ0n) is 14.8. The lowest BCUT2D eigenvalue weighted by molar-refractivity contribution is -0.118. The molecule has 0 unspecified atom stereocenters. The Balaban J connectivity index is 1.73. The van der Waals surface area contributed by atoms with Crippen molar-refractivity contribution in [3.05, 3.63) is 41.5 Å². The Kier molecular flexibility index (Phi) is 5.24. The summed E-state index contributed by atoms with van der Waals surface area (Å²) in [5.74, 6) is 6.42. The molecule has 1 heterocycles. The fourth-order valence-electron chi connectivity index (χ4n) is 2.51. The molecule has 1 aromatic heterocycles. The average Bonchev–Trinajstić information content (AvgIpc) is 3.05. The summed E-state index contributed by atoms with van der Waals surface area (Å²) < 4.78 is 11.8. The van der Waals surface area contributed by atoms with Gasteiger partial charge < -0.3 is 14.8 Å². The predicted octanol–water partition coefficient (Wildman–Crippen LogP) is 3.22. The molecule has 3 rings (SSSR count). The predicted molar refractivity (Wildman–Crippen MR) is 104 cm³/mol. The molecule has 0 fully saturated rings. The highest BCUT2D eigenvalue weighted by molar-refractivity contribution is 7.22. The molecular weight excluding hydrogens is 352 g/mol. The first-order valence-corrected chi connectivity index (χ1v) is 8.77. The summed E-state index contributed by atoms with van der Waals surface area (Å²) in [6, 6.07) is 9.30. The van der Waals surface area contributed by atoms with Gasteiger partial charge in [-0.05, 0) is 37.1 Å². The zero-order chi connectivity index (χ0) is 18.7. The van der Waals surface area contributed by atoms with Gasteiger partial charge in [-0.15, -0.1) is 0 Å². The Morgan fingerprint density at radius 3 is 2.81 bits per heavy atom. The number of fused-ring (bicyclic) bond motifs is 1. The molecular formula is C18H20N4O3S. The molecule has 0 bridgehead atoms. The van der Waals surface area contributed by atoms with E-state index in [9.17, 15) is 4.79 Å². The molecule has 0 aliphatic heterocycles. The van der Waals surface area contributed by atoms with Gasteiger partial charge in [-0.2, -0.15) is 0 Å². The maximum atomic E-state index is 12.3. The van der Waals surface area contributed by atoms with Gasteiger partial charge in [0.05, 0.1) is 11.8 Å². The lowest BCUT2D eigenvalue weighted by Crippen LogP contribution is -2.20. The van der Waals surface area contributed by atoms with Gasteiger partial charge in [0, 0.05) is 11.8 Å². The van der Waals surface area contributed by atoms with E-state index < -0.39 is 0 Å². The fourth-order valence-corrected chi connectivity index (χ4v) is 3.34. The lowest BCUT2D eigenvalue weighted by atomic mass is 10.1. The second kappa shape index (κ2) is 7.59. The molecule has 0 aliphatic rings. The first-order chi connectivity index (χ1) is 12.5. The molecule has 136 valence electrons. The van der Waals surface area contributed by atoms with Crippen LogP contribution in [0.4, 0.5) is 10.8 Å². The van der Waals surface area contributed by atoms with Gasteiger partial charge in [-0.25, -0.2) is 10.8 Å². The number of thiazole rings is 1. The van der Waals surface area contributed by atoms with E-state index >= 15 is 0 Å². The standard InChI is InChI=1S/C18H20N4O3S/c1-10-5-4-6-13(11(10)2)25-9-16(23)20-12-7-14(24-3)17-15(8-12)26-18(21-17)22-19/h4-8H,9,19H2,1-3H3,(H,20,23)(H,21,22). The third-order valence-corrected chi connectivity index (χ3v) is 4.93. The van der Waals surface area contributed by atoms with Crippen molar-refractivity contribution in [3.63, 3.8) is 0 Å². The molecule has 26 heavy (non-hydrogen) atoms. The van der Waals surface area contributed by atoms with Crippen molar-refractivity contribution in [3.8, 4) is 11.5 Å². The Hall–Kier alpha value is -2.84. The monoisotopic (exact) mass is 372 g/mol. The summed E-state index contributed by atoms with van der Waals surface area (Å²) in [6.07, 6.45) is 0. The molecule has 0 aliphatic carbocycles. The molecule has 1 amide bonds. The highest BCUT2D eigenvalue weighted by Gasteiger charge is 2.13. The van der Waals surface area contributed by atoms with Gasteiger partial charge >= 0.3 is 0 Å². The van der Waals surface area contributed by atoms with Crippen LogP contribution in [-0.4, -0.2) is 24.6 Å². The summed E-state index contributed by atoms with van der Waals surface area (Å²) in [5, 5.41) is 3.39. The van der Waals surface area contributed by atoms with Crippen LogP contribution in [0.1, 0.15) is 11.1 Å².